The van der Waals surface area contributed by atoms with Gasteiger partial charge in [0.25, 0.3) is 0 Å². The number of carbonyl (C=O) groups is 2. The minimum Gasteiger partial charge on any atom is -0.392 e. The number of benzene rings is 1. The second-order valence-corrected chi connectivity index (χ2v) is 6.95. The van der Waals surface area contributed by atoms with Gasteiger partial charge in [0.2, 0.25) is 12.3 Å². The predicted molar refractivity (Wildman–Crippen MR) is 135 cm³/mol. The largest absolute Gasteiger partial charge is 0.392 e. The van der Waals surface area contributed by atoms with Crippen molar-refractivity contribution in [2.24, 2.45) is 5.73 Å². The van der Waals surface area contributed by atoms with E-state index in [1.807, 2.05) is 6.92 Å². The van der Waals surface area contributed by atoms with Crippen LogP contribution in [0.2, 0.25) is 0 Å². The van der Waals surface area contributed by atoms with Gasteiger partial charge < -0.3 is 49.9 Å². The SMILES string of the molecule is CCOCCOCCOCCOCCOCCOCCN.O=CNCC(=O)Nc1ccc(CO)cc1. The van der Waals surface area contributed by atoms with Gasteiger partial charge in [-0.3, -0.25) is 9.59 Å². The molecule has 0 saturated carbocycles. The summed E-state index contributed by atoms with van der Waals surface area (Å²) in [5.74, 6) is -0.293. The molecule has 208 valence electrons. The van der Waals surface area contributed by atoms with E-state index >= 15 is 0 Å². The maximum Gasteiger partial charge on any atom is 0.243 e. The third-order valence-corrected chi connectivity index (χ3v) is 4.09. The molecule has 2 amide bonds. The van der Waals surface area contributed by atoms with Crippen LogP contribution in [0.4, 0.5) is 5.69 Å². The van der Waals surface area contributed by atoms with Gasteiger partial charge >= 0.3 is 0 Å². The van der Waals surface area contributed by atoms with E-state index in [1.54, 1.807) is 24.3 Å². The maximum atomic E-state index is 11.1. The number of aliphatic hydroxyl groups excluding tert-OH is 1. The Morgan fingerprint density at radius 3 is 1.64 bits per heavy atom. The number of rotatable bonds is 23. The first-order valence-electron chi connectivity index (χ1n) is 12.0. The lowest BCUT2D eigenvalue weighted by Crippen LogP contribution is -2.26. The number of anilines is 1. The van der Waals surface area contributed by atoms with Crippen LogP contribution in [0, 0.1) is 0 Å². The molecule has 5 N–H and O–H groups in total. The molecule has 12 nitrogen and oxygen atoms in total. The number of ether oxygens (including phenoxy) is 6. The Hall–Kier alpha value is -2.16. The molecule has 0 aliphatic rings. The van der Waals surface area contributed by atoms with Crippen LogP contribution >= 0.6 is 0 Å². The number of hydrogen-bond acceptors (Lipinski definition) is 10. The van der Waals surface area contributed by atoms with Crippen molar-refractivity contribution in [2.45, 2.75) is 13.5 Å². The van der Waals surface area contributed by atoms with Crippen LogP contribution in [0.3, 0.4) is 0 Å². The van der Waals surface area contributed by atoms with E-state index in [1.165, 1.54) is 0 Å². The molecule has 1 rings (SSSR count). The summed E-state index contributed by atoms with van der Waals surface area (Å²) in [6.45, 7) is 9.52. The van der Waals surface area contributed by atoms with E-state index < -0.39 is 0 Å². The summed E-state index contributed by atoms with van der Waals surface area (Å²) in [4.78, 5) is 21.1. The summed E-state index contributed by atoms with van der Waals surface area (Å²) in [6, 6.07) is 6.79. The van der Waals surface area contributed by atoms with Gasteiger partial charge in [0, 0.05) is 18.8 Å². The van der Waals surface area contributed by atoms with Gasteiger partial charge in [-0.25, -0.2) is 0 Å². The number of carbonyl (C=O) groups excluding carboxylic acids is 2. The summed E-state index contributed by atoms with van der Waals surface area (Å²) in [7, 11) is 0. The molecule has 0 atom stereocenters. The monoisotopic (exact) mass is 517 g/mol. The molecular formula is C24H43N3O9. The van der Waals surface area contributed by atoms with Crippen LogP contribution in [0.1, 0.15) is 12.5 Å². The van der Waals surface area contributed by atoms with E-state index in [9.17, 15) is 9.59 Å². The van der Waals surface area contributed by atoms with Gasteiger partial charge in [0.05, 0.1) is 85.8 Å². The van der Waals surface area contributed by atoms with Crippen LogP contribution in [0.5, 0.6) is 0 Å². The zero-order valence-corrected chi connectivity index (χ0v) is 21.3. The fourth-order valence-corrected chi connectivity index (χ4v) is 2.36. The lowest BCUT2D eigenvalue weighted by Gasteiger charge is -2.07. The minimum atomic E-state index is -0.293. The highest BCUT2D eigenvalue weighted by Crippen LogP contribution is 2.08. The van der Waals surface area contributed by atoms with Crippen molar-refractivity contribution in [3.05, 3.63) is 29.8 Å². The van der Waals surface area contributed by atoms with Crippen LogP contribution < -0.4 is 16.4 Å². The zero-order valence-electron chi connectivity index (χ0n) is 21.3. The molecule has 12 heteroatoms. The first-order valence-corrected chi connectivity index (χ1v) is 12.0. The zero-order chi connectivity index (χ0) is 26.5. The summed E-state index contributed by atoms with van der Waals surface area (Å²) in [5.41, 5.74) is 6.69. The third-order valence-electron chi connectivity index (χ3n) is 4.09. The number of amides is 2. The summed E-state index contributed by atoms with van der Waals surface area (Å²) >= 11 is 0. The first kappa shape index (κ1) is 33.8. The second kappa shape index (κ2) is 27.4. The molecule has 0 saturated heterocycles. The summed E-state index contributed by atoms with van der Waals surface area (Å²) in [6.07, 6.45) is 0.467. The second-order valence-electron chi connectivity index (χ2n) is 6.95. The molecule has 0 heterocycles. The molecule has 1 aromatic carbocycles. The lowest BCUT2D eigenvalue weighted by molar-refractivity contribution is -0.118. The van der Waals surface area contributed by atoms with Crippen molar-refractivity contribution in [2.75, 3.05) is 97.7 Å². The molecule has 0 radical (unpaired) electrons. The van der Waals surface area contributed by atoms with Gasteiger partial charge in [-0.05, 0) is 24.6 Å². The maximum absolute atomic E-state index is 11.1. The van der Waals surface area contributed by atoms with Gasteiger partial charge in [-0.15, -0.1) is 0 Å². The van der Waals surface area contributed by atoms with E-state index in [-0.39, 0.29) is 19.1 Å². The Bertz CT molecular complexity index is 603. The molecule has 36 heavy (non-hydrogen) atoms. The molecule has 0 spiro atoms. The quantitative estimate of drug-likeness (QED) is 0.114. The minimum absolute atomic E-state index is 0.0269. The van der Waals surface area contributed by atoms with Crippen molar-refractivity contribution < 1.29 is 43.1 Å². The standard InChI is InChI=1S/C14H31NO6.C10H12N2O3/c1-2-16-5-6-18-9-10-20-13-14-21-12-11-19-8-7-17-4-3-15;13-6-8-1-3-9(4-2-8)12-10(15)5-11-7-14/h2-15H2,1H3;1-4,7,13H,5-6H2,(H,11,14)(H,12,15). The number of nitrogens with two attached hydrogens (primary N) is 1. The molecule has 0 bridgehead atoms. The van der Waals surface area contributed by atoms with Crippen LogP contribution in [-0.4, -0.2) is 110 Å². The highest BCUT2D eigenvalue weighted by atomic mass is 16.6. The van der Waals surface area contributed by atoms with E-state index in [4.69, 9.17) is 39.3 Å². The van der Waals surface area contributed by atoms with Crippen molar-refractivity contribution >= 4 is 18.0 Å². The summed E-state index contributed by atoms with van der Waals surface area (Å²) < 4.78 is 31.6. The van der Waals surface area contributed by atoms with Crippen LogP contribution in [-0.2, 0) is 44.6 Å². The van der Waals surface area contributed by atoms with Crippen LogP contribution in [0.15, 0.2) is 24.3 Å². The van der Waals surface area contributed by atoms with Gasteiger partial charge in [0.15, 0.2) is 0 Å². The van der Waals surface area contributed by atoms with Crippen LogP contribution in [0.25, 0.3) is 0 Å². The molecule has 0 aliphatic heterocycles. The normalized spacial score (nSPS) is 10.4. The fraction of sp³-hybridized carbons (Fsp3) is 0.667. The van der Waals surface area contributed by atoms with Crippen molar-refractivity contribution in [1.82, 2.24) is 5.32 Å². The first-order chi connectivity index (χ1) is 17.7. The number of hydrogen-bond donors (Lipinski definition) is 4. The Morgan fingerprint density at radius 2 is 1.25 bits per heavy atom. The van der Waals surface area contributed by atoms with Crippen molar-refractivity contribution in [3.8, 4) is 0 Å². The molecule has 0 aliphatic carbocycles. The topological polar surface area (TPSA) is 160 Å². The third kappa shape index (κ3) is 23.6. The molecule has 0 fully saturated rings. The molecule has 0 aromatic heterocycles. The van der Waals surface area contributed by atoms with Crippen molar-refractivity contribution in [3.63, 3.8) is 0 Å². The Kier molecular flexibility index (Phi) is 25.8. The van der Waals surface area contributed by atoms with Gasteiger partial charge in [-0.1, -0.05) is 12.1 Å². The summed E-state index contributed by atoms with van der Waals surface area (Å²) in [5, 5.41) is 13.6. The molecule has 1 aromatic rings. The Balaban J connectivity index is 0.000000717. The van der Waals surface area contributed by atoms with Crippen molar-refractivity contribution in [1.29, 1.82) is 0 Å². The Labute approximate surface area is 213 Å². The smallest absolute Gasteiger partial charge is 0.243 e. The average Bonchev–Trinajstić information content (AvgIpc) is 2.90. The Morgan fingerprint density at radius 1 is 0.806 bits per heavy atom. The highest BCUT2D eigenvalue weighted by molar-refractivity contribution is 5.93. The van der Waals surface area contributed by atoms with E-state index in [0.29, 0.717) is 91.3 Å². The lowest BCUT2D eigenvalue weighted by atomic mass is 10.2. The highest BCUT2D eigenvalue weighted by Gasteiger charge is 2.00. The molecule has 0 unspecified atom stereocenters. The van der Waals surface area contributed by atoms with Gasteiger partial charge in [0.1, 0.15) is 0 Å². The van der Waals surface area contributed by atoms with E-state index in [2.05, 4.69) is 10.6 Å². The number of nitrogens with one attached hydrogen (secondary N) is 2. The average molecular weight is 518 g/mol. The van der Waals surface area contributed by atoms with Gasteiger partial charge in [-0.2, -0.15) is 0 Å². The number of aliphatic hydroxyl groups is 1. The fourth-order valence-electron chi connectivity index (χ4n) is 2.36. The predicted octanol–water partition coefficient (Wildman–Crippen LogP) is -0.0720. The molecular weight excluding hydrogens is 474 g/mol. The van der Waals surface area contributed by atoms with E-state index in [0.717, 1.165) is 12.2 Å².